The molecule has 66 valence electrons. The zero-order chi connectivity index (χ0) is 8.91. The van der Waals surface area contributed by atoms with Crippen molar-refractivity contribution in [2.45, 2.75) is 50.4 Å². The summed E-state index contributed by atoms with van der Waals surface area (Å²) in [5, 5.41) is 0. The van der Waals surface area contributed by atoms with Crippen LogP contribution in [0, 0.1) is 0 Å². The Morgan fingerprint density at radius 1 is 1.18 bits per heavy atom. The van der Waals surface area contributed by atoms with Gasteiger partial charge in [-0.3, -0.25) is 0 Å². The van der Waals surface area contributed by atoms with Crippen LogP contribution in [0.15, 0.2) is 10.5 Å². The van der Waals surface area contributed by atoms with Gasteiger partial charge in [0.15, 0.2) is 0 Å². The quantitative estimate of drug-likeness (QED) is 0.621. The molecule has 0 rings (SSSR count). The van der Waals surface area contributed by atoms with E-state index in [1.54, 1.807) is 4.41 Å². The van der Waals surface area contributed by atoms with Crippen molar-refractivity contribution in [3.8, 4) is 0 Å². The van der Waals surface area contributed by atoms with E-state index in [1.807, 2.05) is 0 Å². The van der Waals surface area contributed by atoms with Crippen LogP contribution in [0.25, 0.3) is 0 Å². The molecule has 0 atom stereocenters. The fraction of sp³-hybridized carbons (Fsp3) is 0.800. The predicted octanol–water partition coefficient (Wildman–Crippen LogP) is 4.00. The molecule has 0 aromatic heterocycles. The molecular weight excluding hydrogens is 193 g/mol. The van der Waals surface area contributed by atoms with Gasteiger partial charge in [0, 0.05) is 0 Å². The number of hydrogen-bond donors (Lipinski definition) is 0. The van der Waals surface area contributed by atoms with Gasteiger partial charge in [0.2, 0.25) is 0 Å². The van der Waals surface area contributed by atoms with Gasteiger partial charge >= 0.3 is 74.1 Å². The zero-order valence-corrected chi connectivity index (χ0v) is 10.8. The molecule has 0 nitrogen and oxygen atoms in total. The third kappa shape index (κ3) is 4.68. The minimum absolute atomic E-state index is 1.22. The molecule has 0 aliphatic carbocycles. The molecule has 0 radical (unpaired) electrons. The molecular formula is C10H22Ge. The van der Waals surface area contributed by atoms with Crippen molar-refractivity contribution in [3.63, 3.8) is 0 Å². The van der Waals surface area contributed by atoms with E-state index in [-0.39, 0.29) is 0 Å². The van der Waals surface area contributed by atoms with Crippen LogP contribution < -0.4 is 0 Å². The topological polar surface area (TPSA) is 0 Å². The van der Waals surface area contributed by atoms with Crippen molar-refractivity contribution in [2.75, 3.05) is 0 Å². The van der Waals surface area contributed by atoms with Crippen LogP contribution in [-0.4, -0.2) is 13.3 Å². The molecule has 0 aliphatic heterocycles. The molecule has 11 heavy (non-hydrogen) atoms. The van der Waals surface area contributed by atoms with Gasteiger partial charge in [0.1, 0.15) is 0 Å². The molecule has 0 unspecified atom stereocenters. The Morgan fingerprint density at radius 3 is 2.00 bits per heavy atom. The van der Waals surface area contributed by atoms with E-state index in [2.05, 4.69) is 37.2 Å². The van der Waals surface area contributed by atoms with Crippen LogP contribution in [0.2, 0.25) is 17.3 Å². The predicted molar refractivity (Wildman–Crippen MR) is 56.6 cm³/mol. The first-order chi connectivity index (χ1) is 5.02. The van der Waals surface area contributed by atoms with Gasteiger partial charge in [-0.2, -0.15) is 0 Å². The molecule has 0 saturated carbocycles. The maximum absolute atomic E-state index is 2.48. The standard InChI is InChI=1S/C10H22Ge/c1-6-8-10(9-7-2)11(3,4)5/h8H,6-7,9H2,1-5H3/b10-8-. The molecule has 0 amide bonds. The van der Waals surface area contributed by atoms with Crippen molar-refractivity contribution in [1.82, 2.24) is 0 Å². The second kappa shape index (κ2) is 5.02. The number of rotatable bonds is 4. The monoisotopic (exact) mass is 216 g/mol. The molecule has 0 heterocycles. The van der Waals surface area contributed by atoms with E-state index >= 15 is 0 Å². The molecule has 0 spiro atoms. The molecule has 1 heteroatoms. The summed E-state index contributed by atoms with van der Waals surface area (Å²) in [6, 6.07) is 0. The van der Waals surface area contributed by atoms with Gasteiger partial charge in [0.05, 0.1) is 0 Å². The first-order valence-corrected chi connectivity index (χ1v) is 12.1. The van der Waals surface area contributed by atoms with Crippen LogP contribution in [0.4, 0.5) is 0 Å². The van der Waals surface area contributed by atoms with Gasteiger partial charge < -0.3 is 0 Å². The summed E-state index contributed by atoms with van der Waals surface area (Å²) < 4.78 is 1.80. The normalized spacial score (nSPS) is 13.7. The van der Waals surface area contributed by atoms with Crippen LogP contribution >= 0.6 is 0 Å². The van der Waals surface area contributed by atoms with Crippen molar-refractivity contribution >= 4 is 13.3 Å². The Morgan fingerprint density at radius 2 is 1.73 bits per heavy atom. The Hall–Kier alpha value is 0.283. The van der Waals surface area contributed by atoms with Crippen molar-refractivity contribution in [2.24, 2.45) is 0 Å². The van der Waals surface area contributed by atoms with Crippen LogP contribution in [0.3, 0.4) is 0 Å². The Labute approximate surface area is 74.4 Å². The Bertz CT molecular complexity index is 128. The molecule has 0 aromatic carbocycles. The van der Waals surface area contributed by atoms with Gasteiger partial charge in [0.25, 0.3) is 0 Å². The summed E-state index contributed by atoms with van der Waals surface area (Å²) in [5.41, 5.74) is 0. The SMILES string of the molecule is CC/C=[C](/CCC)[Ge]([CH3])([CH3])[CH3]. The third-order valence-electron chi connectivity index (χ3n) is 1.93. The van der Waals surface area contributed by atoms with Crippen molar-refractivity contribution in [1.29, 1.82) is 0 Å². The van der Waals surface area contributed by atoms with E-state index in [0.29, 0.717) is 0 Å². The first-order valence-electron chi connectivity index (χ1n) is 4.71. The summed E-state index contributed by atoms with van der Waals surface area (Å²) in [6.45, 7) is 4.52. The van der Waals surface area contributed by atoms with Gasteiger partial charge in [-0.15, -0.1) is 0 Å². The average Bonchev–Trinajstić information content (AvgIpc) is 1.85. The van der Waals surface area contributed by atoms with Crippen LogP contribution in [-0.2, 0) is 0 Å². The number of hydrogen-bond acceptors (Lipinski definition) is 0. The van der Waals surface area contributed by atoms with Crippen LogP contribution in [0.1, 0.15) is 33.1 Å². The first kappa shape index (κ1) is 11.3. The van der Waals surface area contributed by atoms with E-state index in [4.69, 9.17) is 0 Å². The zero-order valence-electron chi connectivity index (χ0n) is 8.70. The molecule has 0 aromatic rings. The molecule has 0 bridgehead atoms. The second-order valence-electron chi connectivity index (χ2n) is 4.14. The van der Waals surface area contributed by atoms with Gasteiger partial charge in [-0.1, -0.05) is 0 Å². The summed E-state index contributed by atoms with van der Waals surface area (Å²) in [4.78, 5) is 0. The Balaban J connectivity index is 4.22. The average molecular weight is 215 g/mol. The van der Waals surface area contributed by atoms with Gasteiger partial charge in [-0.25, -0.2) is 0 Å². The summed E-state index contributed by atoms with van der Waals surface area (Å²) in [5.74, 6) is 7.45. The summed E-state index contributed by atoms with van der Waals surface area (Å²) in [6.07, 6.45) is 6.34. The molecule has 0 N–H and O–H groups in total. The van der Waals surface area contributed by atoms with E-state index in [0.717, 1.165) is 0 Å². The number of allylic oxidation sites excluding steroid dienone is 2. The van der Waals surface area contributed by atoms with E-state index < -0.39 is 13.3 Å². The summed E-state index contributed by atoms with van der Waals surface area (Å²) >= 11 is -1.44. The van der Waals surface area contributed by atoms with E-state index in [9.17, 15) is 0 Å². The van der Waals surface area contributed by atoms with E-state index in [1.165, 1.54) is 19.3 Å². The maximum atomic E-state index is 2.48. The Kier molecular flexibility index (Phi) is 5.15. The molecule has 0 aliphatic rings. The third-order valence-corrected chi connectivity index (χ3v) is 6.93. The molecule has 0 fully saturated rings. The van der Waals surface area contributed by atoms with Crippen molar-refractivity contribution < 1.29 is 0 Å². The van der Waals surface area contributed by atoms with Crippen molar-refractivity contribution in [3.05, 3.63) is 10.5 Å². The fourth-order valence-corrected chi connectivity index (χ4v) is 5.11. The fourth-order valence-electron chi connectivity index (χ4n) is 1.30. The summed E-state index contributed by atoms with van der Waals surface area (Å²) in [7, 11) is 0. The molecule has 0 saturated heterocycles. The van der Waals surface area contributed by atoms with Crippen LogP contribution in [0.5, 0.6) is 0 Å². The minimum atomic E-state index is -1.44. The van der Waals surface area contributed by atoms with Gasteiger partial charge in [-0.05, 0) is 0 Å². The second-order valence-corrected chi connectivity index (χ2v) is 14.9.